The van der Waals surface area contributed by atoms with Gasteiger partial charge in [0, 0.05) is 11.1 Å². The van der Waals surface area contributed by atoms with E-state index in [1.165, 1.54) is 24.3 Å². The van der Waals surface area contributed by atoms with Crippen LogP contribution in [0.25, 0.3) is 22.4 Å². The van der Waals surface area contributed by atoms with Gasteiger partial charge in [0.05, 0.1) is 16.0 Å². The monoisotopic (exact) mass is 407 g/mol. The molecule has 0 bridgehead atoms. The van der Waals surface area contributed by atoms with Crippen molar-refractivity contribution in [3.8, 4) is 11.5 Å². The predicted octanol–water partition coefficient (Wildman–Crippen LogP) is 3.70. The lowest BCUT2D eigenvalue weighted by molar-refractivity contribution is 0.102. The van der Waals surface area contributed by atoms with Crippen LogP contribution in [0.5, 0.6) is 0 Å². The second kappa shape index (κ2) is 7.16. The summed E-state index contributed by atoms with van der Waals surface area (Å²) in [6.07, 6.45) is 0. The molecule has 1 amide bonds. The van der Waals surface area contributed by atoms with Crippen molar-refractivity contribution < 1.29 is 17.6 Å². The molecule has 0 fully saturated rings. The molecule has 4 rings (SSSR count). The number of para-hydroxylation sites is 1. The molecule has 146 valence electrons. The van der Waals surface area contributed by atoms with Crippen molar-refractivity contribution in [3.63, 3.8) is 0 Å². The van der Waals surface area contributed by atoms with E-state index in [1.54, 1.807) is 12.1 Å². The number of sulfonamides is 1. The van der Waals surface area contributed by atoms with Crippen LogP contribution < -0.4 is 10.5 Å². The number of hydrogen-bond acceptors (Lipinski definition) is 5. The van der Waals surface area contributed by atoms with Crippen molar-refractivity contribution in [1.82, 2.24) is 4.98 Å². The molecule has 8 heteroatoms. The maximum atomic E-state index is 13.0. The van der Waals surface area contributed by atoms with E-state index in [0.717, 1.165) is 5.76 Å². The SMILES string of the molecule is Cc1ccc(-c2cc(C(=O)Nc3ccc(S(N)(=O)=O)cc3)c3ccccc3n2)o1. The van der Waals surface area contributed by atoms with E-state index in [1.807, 2.05) is 37.3 Å². The van der Waals surface area contributed by atoms with Crippen LogP contribution in [0.15, 0.2) is 76.0 Å². The smallest absolute Gasteiger partial charge is 0.256 e. The molecule has 0 aliphatic rings. The third kappa shape index (κ3) is 3.89. The fraction of sp³-hybridized carbons (Fsp3) is 0.0476. The van der Waals surface area contributed by atoms with Gasteiger partial charge in [-0.3, -0.25) is 4.79 Å². The normalized spacial score (nSPS) is 11.5. The summed E-state index contributed by atoms with van der Waals surface area (Å²) in [5.74, 6) is 0.965. The third-order valence-corrected chi connectivity index (χ3v) is 5.32. The summed E-state index contributed by atoms with van der Waals surface area (Å²) in [6.45, 7) is 1.84. The van der Waals surface area contributed by atoms with E-state index >= 15 is 0 Å². The average molecular weight is 407 g/mol. The molecule has 0 unspecified atom stereocenters. The van der Waals surface area contributed by atoms with Crippen molar-refractivity contribution in [3.05, 3.63) is 78.1 Å². The van der Waals surface area contributed by atoms with Gasteiger partial charge in [-0.05, 0) is 55.5 Å². The number of carbonyl (C=O) groups excluding carboxylic acids is 1. The van der Waals surface area contributed by atoms with Gasteiger partial charge in [0.1, 0.15) is 11.5 Å². The molecule has 2 aromatic heterocycles. The number of rotatable bonds is 4. The number of aromatic nitrogens is 1. The lowest BCUT2D eigenvalue weighted by atomic mass is 10.1. The van der Waals surface area contributed by atoms with Gasteiger partial charge >= 0.3 is 0 Å². The number of hydrogen-bond donors (Lipinski definition) is 2. The lowest BCUT2D eigenvalue weighted by Crippen LogP contribution is -2.14. The minimum atomic E-state index is -3.79. The zero-order valence-corrected chi connectivity index (χ0v) is 16.2. The van der Waals surface area contributed by atoms with Gasteiger partial charge in [0.15, 0.2) is 5.76 Å². The number of amides is 1. The lowest BCUT2D eigenvalue weighted by Gasteiger charge is -2.10. The fourth-order valence-electron chi connectivity index (χ4n) is 2.99. The van der Waals surface area contributed by atoms with Crippen LogP contribution in [0, 0.1) is 6.92 Å². The summed E-state index contributed by atoms with van der Waals surface area (Å²) in [5, 5.41) is 8.58. The second-order valence-electron chi connectivity index (χ2n) is 6.51. The Morgan fingerprint density at radius 2 is 1.76 bits per heavy atom. The second-order valence-corrected chi connectivity index (χ2v) is 8.07. The molecule has 2 heterocycles. The standard InChI is InChI=1S/C21H17N3O4S/c1-13-6-11-20(28-13)19-12-17(16-4-2-3-5-18(16)24-19)21(25)23-14-7-9-15(10-8-14)29(22,26)27/h2-12H,1H3,(H,23,25)(H2,22,26,27). The summed E-state index contributed by atoms with van der Waals surface area (Å²) in [5.41, 5.74) is 2.08. The number of fused-ring (bicyclic) bond motifs is 1. The van der Waals surface area contributed by atoms with Crippen LogP contribution in [0.4, 0.5) is 5.69 Å². The van der Waals surface area contributed by atoms with E-state index in [9.17, 15) is 13.2 Å². The van der Waals surface area contributed by atoms with Gasteiger partial charge < -0.3 is 9.73 Å². The van der Waals surface area contributed by atoms with Crippen LogP contribution in [0.3, 0.4) is 0 Å². The maximum Gasteiger partial charge on any atom is 0.256 e. The number of primary sulfonamides is 1. The summed E-state index contributed by atoms with van der Waals surface area (Å²) in [4.78, 5) is 17.6. The van der Waals surface area contributed by atoms with E-state index in [2.05, 4.69) is 10.3 Å². The molecule has 0 radical (unpaired) electrons. The number of furan rings is 1. The molecule has 4 aromatic rings. The number of nitrogens with zero attached hydrogens (tertiary/aromatic N) is 1. The number of nitrogens with two attached hydrogens (primary N) is 1. The van der Waals surface area contributed by atoms with Gasteiger partial charge in [-0.2, -0.15) is 0 Å². The van der Waals surface area contributed by atoms with Crippen molar-refractivity contribution in [2.24, 2.45) is 5.14 Å². The predicted molar refractivity (Wildman–Crippen MR) is 110 cm³/mol. The molecule has 0 saturated carbocycles. The quantitative estimate of drug-likeness (QED) is 0.535. The van der Waals surface area contributed by atoms with Crippen molar-refractivity contribution >= 4 is 32.5 Å². The van der Waals surface area contributed by atoms with E-state index in [0.29, 0.717) is 33.6 Å². The average Bonchev–Trinajstić information content (AvgIpc) is 3.13. The third-order valence-electron chi connectivity index (χ3n) is 4.39. The van der Waals surface area contributed by atoms with Crippen molar-refractivity contribution in [1.29, 1.82) is 0 Å². The fourth-order valence-corrected chi connectivity index (χ4v) is 3.50. The Morgan fingerprint density at radius 3 is 2.41 bits per heavy atom. The minimum absolute atomic E-state index is 0.0275. The largest absolute Gasteiger partial charge is 0.460 e. The van der Waals surface area contributed by atoms with Gasteiger partial charge in [-0.1, -0.05) is 18.2 Å². The Labute approximate surface area is 167 Å². The Bertz CT molecular complexity index is 1330. The van der Waals surface area contributed by atoms with Crippen LogP contribution >= 0.6 is 0 Å². The highest BCUT2D eigenvalue weighted by atomic mass is 32.2. The highest BCUT2D eigenvalue weighted by molar-refractivity contribution is 7.89. The number of carbonyl (C=O) groups is 1. The molecule has 0 aliphatic carbocycles. The van der Waals surface area contributed by atoms with Crippen molar-refractivity contribution in [2.45, 2.75) is 11.8 Å². The van der Waals surface area contributed by atoms with Crippen LogP contribution in [-0.4, -0.2) is 19.3 Å². The summed E-state index contributed by atoms with van der Waals surface area (Å²) >= 11 is 0. The van der Waals surface area contributed by atoms with Crippen LogP contribution in [0.2, 0.25) is 0 Å². The molecule has 2 aromatic carbocycles. The van der Waals surface area contributed by atoms with Gasteiger partial charge in [-0.15, -0.1) is 0 Å². The molecule has 0 saturated heterocycles. The molecule has 3 N–H and O–H groups in total. The Morgan fingerprint density at radius 1 is 1.03 bits per heavy atom. The molecule has 0 atom stereocenters. The number of benzene rings is 2. The topological polar surface area (TPSA) is 115 Å². The first kappa shape index (κ1) is 18.9. The van der Waals surface area contributed by atoms with E-state index < -0.39 is 10.0 Å². The van der Waals surface area contributed by atoms with E-state index in [4.69, 9.17) is 9.56 Å². The molecular formula is C21H17N3O4S. The summed E-state index contributed by atoms with van der Waals surface area (Å²) in [7, 11) is -3.79. The van der Waals surface area contributed by atoms with Crippen LogP contribution in [-0.2, 0) is 10.0 Å². The first-order chi connectivity index (χ1) is 13.8. The first-order valence-corrected chi connectivity index (χ1v) is 10.3. The zero-order valence-electron chi connectivity index (χ0n) is 15.4. The van der Waals surface area contributed by atoms with E-state index in [-0.39, 0.29) is 10.8 Å². The maximum absolute atomic E-state index is 13.0. The van der Waals surface area contributed by atoms with Gasteiger partial charge in [-0.25, -0.2) is 18.5 Å². The minimum Gasteiger partial charge on any atom is -0.460 e. The summed E-state index contributed by atoms with van der Waals surface area (Å²) < 4.78 is 28.4. The highest BCUT2D eigenvalue weighted by Crippen LogP contribution is 2.27. The molecular weight excluding hydrogens is 390 g/mol. The highest BCUT2D eigenvalue weighted by Gasteiger charge is 2.16. The molecule has 7 nitrogen and oxygen atoms in total. The molecule has 29 heavy (non-hydrogen) atoms. The molecule has 0 aliphatic heterocycles. The number of anilines is 1. The molecule has 0 spiro atoms. The Balaban J connectivity index is 1.73. The van der Waals surface area contributed by atoms with Gasteiger partial charge in [0.25, 0.3) is 5.91 Å². The first-order valence-electron chi connectivity index (χ1n) is 8.72. The number of aryl methyl sites for hydroxylation is 1. The number of pyridine rings is 1. The van der Waals surface area contributed by atoms with Gasteiger partial charge in [0.2, 0.25) is 10.0 Å². The summed E-state index contributed by atoms with van der Waals surface area (Å²) in [6, 6.07) is 18.3. The van der Waals surface area contributed by atoms with Crippen molar-refractivity contribution in [2.75, 3.05) is 5.32 Å². The number of nitrogens with one attached hydrogen (secondary N) is 1. The zero-order chi connectivity index (χ0) is 20.6. The Kier molecular flexibility index (Phi) is 4.65. The van der Waals surface area contributed by atoms with Crippen LogP contribution in [0.1, 0.15) is 16.1 Å². The Hall–Kier alpha value is -3.49.